The third kappa shape index (κ3) is 4.12. The highest BCUT2D eigenvalue weighted by atomic mass is 32.2. The van der Waals surface area contributed by atoms with Crippen LogP contribution in [0.5, 0.6) is 11.5 Å². The van der Waals surface area contributed by atoms with Crippen LogP contribution < -0.4 is 14.8 Å². The molecule has 30 heavy (non-hydrogen) atoms. The molecule has 1 aliphatic heterocycles. The number of amides is 1. The maximum Gasteiger partial charge on any atom is 0.251 e. The van der Waals surface area contributed by atoms with Gasteiger partial charge in [0.2, 0.25) is 11.1 Å². The second-order valence-corrected chi connectivity index (χ2v) is 9.31. The Morgan fingerprint density at radius 1 is 1.10 bits per heavy atom. The second-order valence-electron chi connectivity index (χ2n) is 8.37. The number of nitrogens with zero attached hydrogens (tertiary/aromatic N) is 4. The zero-order valence-corrected chi connectivity index (χ0v) is 17.8. The van der Waals surface area contributed by atoms with Gasteiger partial charge in [-0.05, 0) is 48.2 Å². The van der Waals surface area contributed by atoms with Crippen molar-refractivity contribution in [2.75, 3.05) is 11.1 Å². The highest BCUT2D eigenvalue weighted by molar-refractivity contribution is 7.99. The lowest BCUT2D eigenvalue weighted by molar-refractivity contribution is -0.113. The first-order valence-corrected chi connectivity index (χ1v) is 11.9. The molecule has 2 fully saturated rings. The lowest BCUT2D eigenvalue weighted by Gasteiger charge is -2.31. The molecule has 8 nitrogen and oxygen atoms in total. The molecule has 0 radical (unpaired) electrons. The van der Waals surface area contributed by atoms with Crippen LogP contribution in [0.1, 0.15) is 70.3 Å². The Kier molecular flexibility index (Phi) is 5.54. The van der Waals surface area contributed by atoms with E-state index in [1.54, 1.807) is 0 Å². The number of thioether (sulfide) groups is 1. The van der Waals surface area contributed by atoms with Crippen molar-refractivity contribution < 1.29 is 14.3 Å². The van der Waals surface area contributed by atoms with Gasteiger partial charge in [-0.2, -0.15) is 0 Å². The maximum atomic E-state index is 12.5. The van der Waals surface area contributed by atoms with E-state index in [9.17, 15) is 4.79 Å². The molecule has 2 aromatic rings. The Morgan fingerprint density at radius 2 is 1.87 bits per heavy atom. The van der Waals surface area contributed by atoms with E-state index in [0.29, 0.717) is 22.6 Å². The van der Waals surface area contributed by atoms with Crippen LogP contribution in [0.4, 0.5) is 5.69 Å². The average molecular weight is 430 g/mol. The lowest BCUT2D eigenvalue weighted by atomic mass is 9.94. The molecule has 160 valence electrons. The number of nitrogens with one attached hydrogen (secondary N) is 1. The number of hydrogen-bond acceptors (Lipinski definition) is 7. The molecule has 1 aromatic heterocycles. The van der Waals surface area contributed by atoms with Gasteiger partial charge in [0.05, 0.1) is 11.8 Å². The van der Waals surface area contributed by atoms with Gasteiger partial charge in [0.15, 0.2) is 11.5 Å². The summed E-state index contributed by atoms with van der Waals surface area (Å²) in [6, 6.07) is 5.94. The number of anilines is 1. The summed E-state index contributed by atoms with van der Waals surface area (Å²) >= 11 is 1.38. The fraction of sp³-hybridized carbons (Fsp3) is 0.619. The van der Waals surface area contributed by atoms with E-state index in [0.717, 1.165) is 44.3 Å². The van der Waals surface area contributed by atoms with Gasteiger partial charge in [-0.25, -0.2) is 4.68 Å². The summed E-state index contributed by atoms with van der Waals surface area (Å²) in [5.74, 6) is 1.13. The lowest BCUT2D eigenvalue weighted by Crippen LogP contribution is -2.40. The van der Waals surface area contributed by atoms with Crippen LogP contribution in [0.15, 0.2) is 23.4 Å². The molecule has 5 rings (SSSR count). The van der Waals surface area contributed by atoms with E-state index in [-0.39, 0.29) is 11.7 Å². The van der Waals surface area contributed by atoms with Crippen molar-refractivity contribution >= 4 is 23.4 Å². The minimum atomic E-state index is -0.505. The normalized spacial score (nSPS) is 20.4. The summed E-state index contributed by atoms with van der Waals surface area (Å²) in [5, 5.41) is 15.8. The van der Waals surface area contributed by atoms with Crippen LogP contribution in [0.3, 0.4) is 0 Å². The van der Waals surface area contributed by atoms with Crippen LogP contribution in [-0.2, 0) is 4.79 Å². The van der Waals surface area contributed by atoms with Crippen molar-refractivity contribution in [3.63, 3.8) is 0 Å². The summed E-state index contributed by atoms with van der Waals surface area (Å²) < 4.78 is 14.1. The van der Waals surface area contributed by atoms with Crippen LogP contribution >= 0.6 is 11.8 Å². The second kappa shape index (κ2) is 8.45. The Balaban J connectivity index is 1.18. The van der Waals surface area contributed by atoms with Crippen molar-refractivity contribution in [3.8, 4) is 11.5 Å². The molecular formula is C21H27N5O3S. The topological polar surface area (TPSA) is 91.2 Å². The van der Waals surface area contributed by atoms with Crippen LogP contribution in [0.25, 0.3) is 0 Å². The summed E-state index contributed by atoms with van der Waals surface area (Å²) in [6.45, 7) is 0. The Hall–Kier alpha value is -2.29. The molecule has 2 aliphatic carbocycles. The van der Waals surface area contributed by atoms with E-state index in [2.05, 4.69) is 20.8 Å². The first-order chi connectivity index (χ1) is 14.7. The third-order valence-corrected chi connectivity index (χ3v) is 7.08. The number of aromatic nitrogens is 4. The van der Waals surface area contributed by atoms with E-state index in [4.69, 9.17) is 9.47 Å². The Bertz CT molecular complexity index is 906. The largest absolute Gasteiger partial charge is 0.448 e. The average Bonchev–Trinajstić information content (AvgIpc) is 3.37. The molecule has 0 saturated heterocycles. The van der Waals surface area contributed by atoms with Crippen molar-refractivity contribution in [2.24, 2.45) is 0 Å². The first-order valence-electron chi connectivity index (χ1n) is 10.9. The number of hydrogen-bond donors (Lipinski definition) is 1. The van der Waals surface area contributed by atoms with E-state index >= 15 is 0 Å². The van der Waals surface area contributed by atoms with Gasteiger partial charge in [0, 0.05) is 24.6 Å². The van der Waals surface area contributed by atoms with Gasteiger partial charge in [0.1, 0.15) is 0 Å². The predicted molar refractivity (Wildman–Crippen MR) is 113 cm³/mol. The highest BCUT2D eigenvalue weighted by Crippen LogP contribution is 2.46. The van der Waals surface area contributed by atoms with Crippen molar-refractivity contribution in [3.05, 3.63) is 18.2 Å². The molecule has 2 saturated carbocycles. The summed E-state index contributed by atoms with van der Waals surface area (Å²) in [6.07, 6.45) is 11.2. The van der Waals surface area contributed by atoms with E-state index in [1.807, 2.05) is 22.9 Å². The number of rotatable bonds is 5. The Labute approximate surface area is 180 Å². The van der Waals surface area contributed by atoms with E-state index in [1.165, 1.54) is 37.4 Å². The van der Waals surface area contributed by atoms with Gasteiger partial charge in [-0.3, -0.25) is 4.79 Å². The van der Waals surface area contributed by atoms with Crippen LogP contribution in [0, 0.1) is 0 Å². The first kappa shape index (κ1) is 19.7. The van der Waals surface area contributed by atoms with Gasteiger partial charge in [-0.1, -0.05) is 37.4 Å². The predicted octanol–water partition coefficient (Wildman–Crippen LogP) is 4.34. The minimum absolute atomic E-state index is 0.0931. The number of fused-ring (bicyclic) bond motifs is 1. The maximum absolute atomic E-state index is 12.5. The van der Waals surface area contributed by atoms with Gasteiger partial charge < -0.3 is 14.8 Å². The number of ether oxygens (including phenoxy) is 2. The molecule has 9 heteroatoms. The third-order valence-electron chi connectivity index (χ3n) is 6.15. The number of carbonyl (C=O) groups excluding carboxylic acids is 1. The van der Waals surface area contributed by atoms with Crippen molar-refractivity contribution in [2.45, 2.75) is 81.2 Å². The number of benzene rings is 1. The molecule has 1 spiro atoms. The molecule has 3 aliphatic rings. The summed E-state index contributed by atoms with van der Waals surface area (Å²) in [4.78, 5) is 12.5. The quantitative estimate of drug-likeness (QED) is 0.707. The molecule has 2 heterocycles. The molecule has 1 aromatic carbocycles. The fourth-order valence-electron chi connectivity index (χ4n) is 4.63. The fourth-order valence-corrected chi connectivity index (χ4v) is 5.37. The molecule has 0 bridgehead atoms. The SMILES string of the molecule is O=C(CSc1nnnn1C1CCCCC1)Nc1ccc2c(c1)OC1(CCCCC1)O2. The molecule has 1 N–H and O–H groups in total. The zero-order valence-electron chi connectivity index (χ0n) is 17.0. The number of tetrazole rings is 1. The van der Waals surface area contributed by atoms with Crippen molar-refractivity contribution in [1.29, 1.82) is 0 Å². The molecular weight excluding hydrogens is 402 g/mol. The van der Waals surface area contributed by atoms with Crippen LogP contribution in [0.2, 0.25) is 0 Å². The van der Waals surface area contributed by atoms with Gasteiger partial charge in [-0.15, -0.1) is 5.10 Å². The zero-order chi connectivity index (χ0) is 20.4. The standard InChI is InChI=1S/C21H27N5O3S/c27-19(14-30-20-23-24-25-26(20)16-7-3-1-4-8-16)22-15-9-10-17-18(13-15)29-21(28-17)11-5-2-6-12-21/h9-10,13,16H,1-8,11-12,14H2,(H,22,27). The van der Waals surface area contributed by atoms with Gasteiger partial charge >= 0.3 is 0 Å². The smallest absolute Gasteiger partial charge is 0.251 e. The van der Waals surface area contributed by atoms with E-state index < -0.39 is 5.79 Å². The highest BCUT2D eigenvalue weighted by Gasteiger charge is 2.42. The molecule has 0 atom stereocenters. The Morgan fingerprint density at radius 3 is 2.70 bits per heavy atom. The molecule has 0 unspecified atom stereocenters. The summed E-state index contributed by atoms with van der Waals surface area (Å²) in [5.41, 5.74) is 0.711. The molecule has 1 amide bonds. The minimum Gasteiger partial charge on any atom is -0.448 e. The van der Waals surface area contributed by atoms with Crippen LogP contribution in [-0.4, -0.2) is 37.7 Å². The van der Waals surface area contributed by atoms with Gasteiger partial charge in [0.25, 0.3) is 5.79 Å². The van der Waals surface area contributed by atoms with Crippen molar-refractivity contribution in [1.82, 2.24) is 20.2 Å². The monoisotopic (exact) mass is 429 g/mol. The number of carbonyl (C=O) groups is 1. The summed E-state index contributed by atoms with van der Waals surface area (Å²) in [7, 11) is 0.